The lowest BCUT2D eigenvalue weighted by Gasteiger charge is -2.32. The Kier molecular flexibility index (Phi) is 4.40. The summed E-state index contributed by atoms with van der Waals surface area (Å²) in [5, 5.41) is 3.40. The number of carbonyl (C=O) groups excluding carboxylic acids is 1. The fourth-order valence-electron chi connectivity index (χ4n) is 2.17. The standard InChI is InChI=1S/C14H16N4OS2/c1-10-9-20-8-7-18(10)14(19)16-13-15-12(17-21-13)11-5-3-2-4-6-11/h2-6,10H,7-9H2,1H3,(H,15,16,17,19)/t10-/m1/s1. The summed E-state index contributed by atoms with van der Waals surface area (Å²) in [6.45, 7) is 2.85. The molecule has 0 bridgehead atoms. The Bertz CT molecular complexity index is 616. The van der Waals surface area contributed by atoms with Crippen LogP contribution in [0.1, 0.15) is 6.92 Å². The minimum atomic E-state index is -0.0847. The molecule has 1 aromatic carbocycles. The smallest absolute Gasteiger partial charge is 0.320 e. The van der Waals surface area contributed by atoms with Crippen molar-refractivity contribution in [2.24, 2.45) is 0 Å². The average Bonchev–Trinajstić information content (AvgIpc) is 2.97. The Balaban J connectivity index is 1.68. The monoisotopic (exact) mass is 320 g/mol. The number of nitrogens with one attached hydrogen (secondary N) is 1. The number of carbonyl (C=O) groups is 1. The second kappa shape index (κ2) is 6.44. The van der Waals surface area contributed by atoms with Crippen molar-refractivity contribution in [1.29, 1.82) is 0 Å². The molecule has 3 rings (SSSR count). The van der Waals surface area contributed by atoms with Gasteiger partial charge < -0.3 is 4.90 Å². The zero-order chi connectivity index (χ0) is 14.7. The maximum atomic E-state index is 12.3. The molecule has 1 aliphatic rings. The molecule has 1 aromatic heterocycles. The molecule has 0 aliphatic carbocycles. The Hall–Kier alpha value is -1.60. The summed E-state index contributed by atoms with van der Waals surface area (Å²) in [4.78, 5) is 18.5. The van der Waals surface area contributed by atoms with Crippen LogP contribution in [-0.4, -0.2) is 44.4 Å². The third-order valence-electron chi connectivity index (χ3n) is 3.30. The molecule has 110 valence electrons. The summed E-state index contributed by atoms with van der Waals surface area (Å²) in [5.74, 6) is 2.63. The van der Waals surface area contributed by atoms with Gasteiger partial charge in [0.05, 0.1) is 0 Å². The minimum absolute atomic E-state index is 0.0847. The lowest BCUT2D eigenvalue weighted by molar-refractivity contribution is 0.200. The summed E-state index contributed by atoms with van der Waals surface area (Å²) in [6, 6.07) is 9.93. The van der Waals surface area contributed by atoms with Gasteiger partial charge in [-0.25, -0.2) is 4.79 Å². The maximum Gasteiger partial charge on any atom is 0.323 e. The Morgan fingerprint density at radius 2 is 2.19 bits per heavy atom. The summed E-state index contributed by atoms with van der Waals surface area (Å²) in [6.07, 6.45) is 0. The van der Waals surface area contributed by atoms with Gasteiger partial charge in [-0.05, 0) is 6.92 Å². The summed E-state index contributed by atoms with van der Waals surface area (Å²) >= 11 is 3.10. The van der Waals surface area contributed by atoms with Crippen LogP contribution in [0.3, 0.4) is 0 Å². The van der Waals surface area contributed by atoms with Crippen LogP contribution in [0.5, 0.6) is 0 Å². The number of thioether (sulfide) groups is 1. The summed E-state index contributed by atoms with van der Waals surface area (Å²) in [5.41, 5.74) is 0.956. The van der Waals surface area contributed by atoms with Crippen LogP contribution in [0.15, 0.2) is 30.3 Å². The van der Waals surface area contributed by atoms with Crippen LogP contribution >= 0.6 is 23.3 Å². The highest BCUT2D eigenvalue weighted by molar-refractivity contribution is 7.99. The first-order valence-corrected chi connectivity index (χ1v) is 8.71. The first kappa shape index (κ1) is 14.3. The topological polar surface area (TPSA) is 58.1 Å². The third-order valence-corrected chi connectivity index (χ3v) is 5.12. The Morgan fingerprint density at radius 1 is 1.38 bits per heavy atom. The summed E-state index contributed by atoms with van der Waals surface area (Å²) in [7, 11) is 0. The van der Waals surface area contributed by atoms with E-state index in [1.165, 1.54) is 11.5 Å². The molecular formula is C14H16N4OS2. The number of rotatable bonds is 2. The van der Waals surface area contributed by atoms with Gasteiger partial charge in [-0.1, -0.05) is 30.3 Å². The van der Waals surface area contributed by atoms with Gasteiger partial charge in [-0.2, -0.15) is 21.1 Å². The molecule has 0 radical (unpaired) electrons. The van der Waals surface area contributed by atoms with Gasteiger partial charge in [-0.3, -0.25) is 5.32 Å². The van der Waals surface area contributed by atoms with Gasteiger partial charge in [0, 0.05) is 41.2 Å². The first-order valence-electron chi connectivity index (χ1n) is 6.78. The van der Waals surface area contributed by atoms with Crippen LogP contribution in [0.2, 0.25) is 0 Å². The third kappa shape index (κ3) is 3.36. The van der Waals surface area contributed by atoms with Crippen LogP contribution < -0.4 is 5.32 Å². The highest BCUT2D eigenvalue weighted by Gasteiger charge is 2.24. The number of amides is 2. The number of aromatic nitrogens is 2. The number of hydrogen-bond acceptors (Lipinski definition) is 5. The van der Waals surface area contributed by atoms with Crippen molar-refractivity contribution in [3.63, 3.8) is 0 Å². The van der Waals surface area contributed by atoms with Crippen molar-refractivity contribution in [2.45, 2.75) is 13.0 Å². The van der Waals surface area contributed by atoms with E-state index in [9.17, 15) is 4.79 Å². The Morgan fingerprint density at radius 3 is 2.95 bits per heavy atom. The molecule has 1 aliphatic heterocycles. The quantitative estimate of drug-likeness (QED) is 0.923. The van der Waals surface area contributed by atoms with Crippen LogP contribution in [0.4, 0.5) is 9.93 Å². The van der Waals surface area contributed by atoms with E-state index in [0.29, 0.717) is 11.0 Å². The van der Waals surface area contributed by atoms with Crippen molar-refractivity contribution in [2.75, 3.05) is 23.4 Å². The fourth-order valence-corrected chi connectivity index (χ4v) is 3.76. The molecule has 1 atom stereocenters. The lowest BCUT2D eigenvalue weighted by Crippen LogP contribution is -2.46. The highest BCUT2D eigenvalue weighted by atomic mass is 32.2. The van der Waals surface area contributed by atoms with Crippen molar-refractivity contribution in [1.82, 2.24) is 14.3 Å². The van der Waals surface area contributed by atoms with Gasteiger partial charge in [0.25, 0.3) is 0 Å². The van der Waals surface area contributed by atoms with Gasteiger partial charge in [-0.15, -0.1) is 0 Å². The number of nitrogens with zero attached hydrogens (tertiary/aromatic N) is 3. The Labute approximate surface area is 131 Å². The van der Waals surface area contributed by atoms with Crippen molar-refractivity contribution < 1.29 is 4.79 Å². The SMILES string of the molecule is C[C@@H]1CSCCN1C(=O)Nc1nc(-c2ccccc2)ns1. The molecule has 1 fully saturated rings. The number of benzene rings is 1. The number of urea groups is 1. The average molecular weight is 320 g/mol. The fraction of sp³-hybridized carbons (Fsp3) is 0.357. The van der Waals surface area contributed by atoms with Gasteiger partial charge in [0.2, 0.25) is 5.13 Å². The molecule has 1 saturated heterocycles. The molecular weight excluding hydrogens is 304 g/mol. The van der Waals surface area contributed by atoms with E-state index in [2.05, 4.69) is 21.6 Å². The molecule has 0 unspecified atom stereocenters. The minimum Gasteiger partial charge on any atom is -0.320 e. The molecule has 0 saturated carbocycles. The van der Waals surface area contributed by atoms with Gasteiger partial charge >= 0.3 is 6.03 Å². The van der Waals surface area contributed by atoms with E-state index in [4.69, 9.17) is 0 Å². The predicted octanol–water partition coefficient (Wildman–Crippen LogP) is 3.17. The maximum absolute atomic E-state index is 12.3. The van der Waals surface area contributed by atoms with Crippen molar-refractivity contribution in [3.05, 3.63) is 30.3 Å². The van der Waals surface area contributed by atoms with E-state index in [-0.39, 0.29) is 12.1 Å². The predicted molar refractivity (Wildman–Crippen MR) is 87.9 cm³/mol. The zero-order valence-electron chi connectivity index (χ0n) is 11.7. The van der Waals surface area contributed by atoms with Crippen molar-refractivity contribution >= 4 is 34.5 Å². The molecule has 0 spiro atoms. The molecule has 2 heterocycles. The second-order valence-corrected chi connectivity index (χ2v) is 6.74. The van der Waals surface area contributed by atoms with E-state index in [1.807, 2.05) is 47.0 Å². The van der Waals surface area contributed by atoms with Gasteiger partial charge in [0.15, 0.2) is 5.82 Å². The van der Waals surface area contributed by atoms with E-state index < -0.39 is 0 Å². The molecule has 1 N–H and O–H groups in total. The molecule has 7 heteroatoms. The van der Waals surface area contributed by atoms with E-state index >= 15 is 0 Å². The molecule has 2 aromatic rings. The highest BCUT2D eigenvalue weighted by Crippen LogP contribution is 2.22. The molecule has 2 amide bonds. The van der Waals surface area contributed by atoms with E-state index in [0.717, 1.165) is 23.6 Å². The van der Waals surface area contributed by atoms with Crippen LogP contribution in [-0.2, 0) is 0 Å². The second-order valence-electron chi connectivity index (χ2n) is 4.84. The largest absolute Gasteiger partial charge is 0.323 e. The van der Waals surface area contributed by atoms with Crippen molar-refractivity contribution in [3.8, 4) is 11.4 Å². The normalized spacial score (nSPS) is 18.5. The lowest BCUT2D eigenvalue weighted by atomic mass is 10.2. The molecule has 5 nitrogen and oxygen atoms in total. The van der Waals surface area contributed by atoms with Gasteiger partial charge in [0.1, 0.15) is 0 Å². The zero-order valence-corrected chi connectivity index (χ0v) is 13.3. The van der Waals surface area contributed by atoms with E-state index in [1.54, 1.807) is 0 Å². The first-order chi connectivity index (χ1) is 10.2. The number of hydrogen-bond donors (Lipinski definition) is 1. The molecule has 21 heavy (non-hydrogen) atoms. The van der Waals surface area contributed by atoms with Crippen LogP contribution in [0, 0.1) is 0 Å². The summed E-state index contributed by atoms with van der Waals surface area (Å²) < 4.78 is 4.30. The number of anilines is 1. The van der Waals surface area contributed by atoms with Crippen LogP contribution in [0.25, 0.3) is 11.4 Å².